The lowest BCUT2D eigenvalue weighted by Crippen LogP contribution is -2.34. The topological polar surface area (TPSA) is 84.0 Å². The Labute approximate surface area is 174 Å². The summed E-state index contributed by atoms with van der Waals surface area (Å²) in [5.74, 6) is -1.67. The third-order valence-electron chi connectivity index (χ3n) is 4.74. The molecule has 2 aromatic carbocycles. The van der Waals surface area contributed by atoms with E-state index in [-0.39, 0.29) is 48.2 Å². The highest BCUT2D eigenvalue weighted by Gasteiger charge is 2.35. The van der Waals surface area contributed by atoms with E-state index in [1.165, 1.54) is 23.1 Å². The molecule has 0 bridgehead atoms. The number of hydrogen-bond acceptors (Lipinski definition) is 5. The van der Waals surface area contributed by atoms with Crippen LogP contribution in [0.2, 0.25) is 0 Å². The normalized spacial score (nSPS) is 12.5. The lowest BCUT2D eigenvalue weighted by atomic mass is 10.0. The highest BCUT2D eigenvalue weighted by Crippen LogP contribution is 2.25. The standard InChI is InChI=1S/C23H22N2O5/c1-4-24-21(27)18-11-10-16(14-19(18)22(24)28)20(26)25(17-8-6-5-7-9-17)12-13-30-23(29)15(2)3/h5-11,14H,2,4,12-13H2,1,3H3. The lowest BCUT2D eigenvalue weighted by Gasteiger charge is -2.23. The van der Waals surface area contributed by atoms with Crippen LogP contribution < -0.4 is 4.90 Å². The van der Waals surface area contributed by atoms with Crippen LogP contribution >= 0.6 is 0 Å². The van der Waals surface area contributed by atoms with Crippen molar-refractivity contribution in [2.75, 3.05) is 24.6 Å². The molecule has 154 valence electrons. The van der Waals surface area contributed by atoms with Crippen molar-refractivity contribution in [3.63, 3.8) is 0 Å². The number of anilines is 1. The first kappa shape index (κ1) is 21.0. The van der Waals surface area contributed by atoms with Crippen LogP contribution in [-0.2, 0) is 9.53 Å². The molecule has 0 saturated heterocycles. The fourth-order valence-corrected chi connectivity index (χ4v) is 3.18. The largest absolute Gasteiger partial charge is 0.460 e. The van der Waals surface area contributed by atoms with Crippen LogP contribution in [0.4, 0.5) is 5.69 Å². The van der Waals surface area contributed by atoms with E-state index in [9.17, 15) is 19.2 Å². The molecule has 1 aliphatic rings. The van der Waals surface area contributed by atoms with Gasteiger partial charge in [-0.15, -0.1) is 0 Å². The Morgan fingerprint density at radius 2 is 1.70 bits per heavy atom. The maximum atomic E-state index is 13.3. The summed E-state index contributed by atoms with van der Waals surface area (Å²) in [4.78, 5) is 52.3. The number of hydrogen-bond donors (Lipinski definition) is 0. The Balaban J connectivity index is 1.88. The summed E-state index contributed by atoms with van der Waals surface area (Å²) < 4.78 is 5.14. The van der Waals surface area contributed by atoms with Gasteiger partial charge in [-0.1, -0.05) is 24.8 Å². The van der Waals surface area contributed by atoms with E-state index >= 15 is 0 Å². The van der Waals surface area contributed by atoms with Crippen LogP contribution in [0.5, 0.6) is 0 Å². The van der Waals surface area contributed by atoms with Gasteiger partial charge in [0.05, 0.1) is 17.7 Å². The molecule has 0 saturated carbocycles. The zero-order valence-corrected chi connectivity index (χ0v) is 16.9. The number of amides is 3. The van der Waals surface area contributed by atoms with Gasteiger partial charge in [-0.3, -0.25) is 19.3 Å². The quantitative estimate of drug-likeness (QED) is 0.401. The smallest absolute Gasteiger partial charge is 0.333 e. The van der Waals surface area contributed by atoms with Crippen molar-refractivity contribution < 1.29 is 23.9 Å². The SMILES string of the molecule is C=C(C)C(=O)OCCN(C(=O)c1ccc2c(c1)C(=O)N(CC)C2=O)c1ccccc1. The number of esters is 1. The number of rotatable bonds is 7. The first-order valence-electron chi connectivity index (χ1n) is 9.55. The number of para-hydroxylation sites is 1. The Hall–Kier alpha value is -3.74. The van der Waals surface area contributed by atoms with Crippen LogP contribution in [0.25, 0.3) is 0 Å². The van der Waals surface area contributed by atoms with E-state index in [0.717, 1.165) is 4.90 Å². The molecule has 0 unspecified atom stereocenters. The Bertz CT molecular complexity index is 1030. The van der Waals surface area contributed by atoms with Crippen molar-refractivity contribution in [3.8, 4) is 0 Å². The van der Waals surface area contributed by atoms with Crippen molar-refractivity contribution in [1.82, 2.24) is 4.90 Å². The maximum absolute atomic E-state index is 13.3. The number of benzene rings is 2. The number of fused-ring (bicyclic) bond motifs is 1. The van der Waals surface area contributed by atoms with Crippen LogP contribution in [0.3, 0.4) is 0 Å². The van der Waals surface area contributed by atoms with Crippen LogP contribution in [0.1, 0.15) is 44.9 Å². The Morgan fingerprint density at radius 3 is 2.33 bits per heavy atom. The van der Waals surface area contributed by atoms with E-state index in [2.05, 4.69) is 6.58 Å². The fraction of sp³-hybridized carbons (Fsp3) is 0.217. The Kier molecular flexibility index (Phi) is 6.11. The van der Waals surface area contributed by atoms with Crippen molar-refractivity contribution in [2.24, 2.45) is 0 Å². The highest BCUT2D eigenvalue weighted by atomic mass is 16.5. The summed E-state index contributed by atoms with van der Waals surface area (Å²) in [5, 5.41) is 0. The summed E-state index contributed by atoms with van der Waals surface area (Å²) in [6, 6.07) is 13.4. The number of carbonyl (C=O) groups excluding carboxylic acids is 4. The second-order valence-electron chi connectivity index (χ2n) is 6.82. The highest BCUT2D eigenvalue weighted by molar-refractivity contribution is 6.22. The molecule has 0 N–H and O–H groups in total. The fourth-order valence-electron chi connectivity index (χ4n) is 3.18. The molecule has 0 fully saturated rings. The number of ether oxygens (including phenoxy) is 1. The van der Waals surface area contributed by atoms with Crippen molar-refractivity contribution in [1.29, 1.82) is 0 Å². The van der Waals surface area contributed by atoms with Crippen molar-refractivity contribution >= 4 is 29.4 Å². The van der Waals surface area contributed by atoms with Gasteiger partial charge in [0, 0.05) is 23.4 Å². The summed E-state index contributed by atoms with van der Waals surface area (Å²) in [6.07, 6.45) is 0. The minimum absolute atomic E-state index is 0.0156. The molecule has 30 heavy (non-hydrogen) atoms. The molecule has 3 amide bonds. The first-order chi connectivity index (χ1) is 14.3. The zero-order chi connectivity index (χ0) is 21.8. The minimum atomic E-state index is -0.531. The molecule has 0 atom stereocenters. The molecular formula is C23H22N2O5. The summed E-state index contributed by atoms with van der Waals surface area (Å²) in [5.41, 5.74) is 1.67. The van der Waals surface area contributed by atoms with Crippen molar-refractivity contribution in [3.05, 3.63) is 77.4 Å². The zero-order valence-electron chi connectivity index (χ0n) is 16.9. The maximum Gasteiger partial charge on any atom is 0.333 e. The van der Waals surface area contributed by atoms with E-state index in [4.69, 9.17) is 4.74 Å². The third-order valence-corrected chi connectivity index (χ3v) is 4.74. The van der Waals surface area contributed by atoms with Gasteiger partial charge in [0.25, 0.3) is 17.7 Å². The van der Waals surface area contributed by atoms with Gasteiger partial charge in [-0.25, -0.2) is 4.79 Å². The molecule has 2 aromatic rings. The molecular weight excluding hydrogens is 384 g/mol. The van der Waals surface area contributed by atoms with Gasteiger partial charge in [0.15, 0.2) is 0 Å². The van der Waals surface area contributed by atoms with E-state index in [1.54, 1.807) is 38.1 Å². The van der Waals surface area contributed by atoms with Gasteiger partial charge in [-0.05, 0) is 44.2 Å². The Morgan fingerprint density at radius 1 is 1.03 bits per heavy atom. The van der Waals surface area contributed by atoms with Gasteiger partial charge >= 0.3 is 5.97 Å². The van der Waals surface area contributed by atoms with Gasteiger partial charge in [0.1, 0.15) is 6.61 Å². The van der Waals surface area contributed by atoms with Gasteiger partial charge in [-0.2, -0.15) is 0 Å². The lowest BCUT2D eigenvalue weighted by molar-refractivity contribution is -0.138. The average Bonchev–Trinajstić information content (AvgIpc) is 3.00. The third kappa shape index (κ3) is 4.00. The van der Waals surface area contributed by atoms with Crippen LogP contribution in [0.15, 0.2) is 60.7 Å². The second kappa shape index (κ2) is 8.73. The molecule has 7 nitrogen and oxygen atoms in total. The van der Waals surface area contributed by atoms with E-state index < -0.39 is 11.9 Å². The summed E-state index contributed by atoms with van der Waals surface area (Å²) in [7, 11) is 0. The van der Waals surface area contributed by atoms with Crippen LogP contribution in [0, 0.1) is 0 Å². The number of carbonyl (C=O) groups is 4. The molecule has 3 rings (SSSR count). The summed E-state index contributed by atoms with van der Waals surface area (Å²) >= 11 is 0. The van der Waals surface area contributed by atoms with E-state index in [0.29, 0.717) is 11.3 Å². The summed E-state index contributed by atoms with van der Waals surface area (Å²) in [6.45, 7) is 7.17. The molecule has 7 heteroatoms. The molecule has 0 spiro atoms. The molecule has 0 radical (unpaired) electrons. The monoisotopic (exact) mass is 406 g/mol. The molecule has 0 aromatic heterocycles. The van der Waals surface area contributed by atoms with Crippen LogP contribution in [-0.4, -0.2) is 48.3 Å². The van der Waals surface area contributed by atoms with Crippen molar-refractivity contribution in [2.45, 2.75) is 13.8 Å². The van der Waals surface area contributed by atoms with Gasteiger partial charge in [0.2, 0.25) is 0 Å². The predicted octanol–water partition coefficient (Wildman–Crippen LogP) is 3.07. The molecule has 1 aliphatic heterocycles. The first-order valence-corrected chi connectivity index (χ1v) is 9.55. The molecule has 1 heterocycles. The minimum Gasteiger partial charge on any atom is -0.460 e. The average molecular weight is 406 g/mol. The van der Waals surface area contributed by atoms with Gasteiger partial charge < -0.3 is 9.64 Å². The molecule has 0 aliphatic carbocycles. The van der Waals surface area contributed by atoms with E-state index in [1.807, 2.05) is 6.07 Å². The number of nitrogens with zero attached hydrogens (tertiary/aromatic N) is 2. The predicted molar refractivity (Wildman–Crippen MR) is 111 cm³/mol. The second-order valence-corrected chi connectivity index (χ2v) is 6.82. The number of imide groups is 1.